The normalized spacial score (nSPS) is 10.3. The summed E-state index contributed by atoms with van der Waals surface area (Å²) in [4.78, 5) is 0. The number of para-hydroxylation sites is 1. The Bertz CT molecular complexity index is 949. The van der Waals surface area contributed by atoms with Gasteiger partial charge in [-0.1, -0.05) is 53.5 Å². The van der Waals surface area contributed by atoms with Gasteiger partial charge in [0.15, 0.2) is 11.5 Å². The molecule has 160 valence electrons. The van der Waals surface area contributed by atoms with Crippen LogP contribution in [0.3, 0.4) is 0 Å². The first-order valence-electron chi connectivity index (χ1n) is 9.17. The molecular formula is C23H24Cl3NO3. The maximum Gasteiger partial charge on any atom is 0.180 e. The Hall–Kier alpha value is -2.11. The minimum absolute atomic E-state index is 0. The molecule has 0 unspecified atom stereocenters. The number of rotatable bonds is 9. The van der Waals surface area contributed by atoms with Crippen molar-refractivity contribution >= 4 is 35.6 Å². The van der Waals surface area contributed by atoms with Crippen molar-refractivity contribution in [3.8, 4) is 17.2 Å². The third kappa shape index (κ3) is 6.44. The largest absolute Gasteiger partial charge is 0.496 e. The maximum atomic E-state index is 6.47. The molecule has 7 heteroatoms. The quantitative estimate of drug-likeness (QED) is 0.400. The number of halogens is 3. The van der Waals surface area contributed by atoms with Gasteiger partial charge in [-0.2, -0.15) is 0 Å². The van der Waals surface area contributed by atoms with Gasteiger partial charge >= 0.3 is 0 Å². The van der Waals surface area contributed by atoms with Gasteiger partial charge in [0, 0.05) is 23.7 Å². The predicted octanol–water partition coefficient (Wildman–Crippen LogP) is 6.30. The van der Waals surface area contributed by atoms with Crippen LogP contribution in [-0.4, -0.2) is 14.2 Å². The SMILES string of the molecule is COc1ccccc1CNCc1cc(Cl)c(OCc2ccc(Cl)cc2)c(OC)c1.Cl. The zero-order chi connectivity index (χ0) is 20.6. The third-order valence-corrected chi connectivity index (χ3v) is 4.96. The first kappa shape index (κ1) is 24.2. The Morgan fingerprint density at radius 1 is 0.800 bits per heavy atom. The van der Waals surface area contributed by atoms with Gasteiger partial charge in [0.25, 0.3) is 0 Å². The summed E-state index contributed by atoms with van der Waals surface area (Å²) in [5.74, 6) is 1.99. The molecule has 30 heavy (non-hydrogen) atoms. The van der Waals surface area contributed by atoms with Gasteiger partial charge in [-0.3, -0.25) is 0 Å². The number of hydrogen-bond acceptors (Lipinski definition) is 4. The highest BCUT2D eigenvalue weighted by Crippen LogP contribution is 2.37. The van der Waals surface area contributed by atoms with Crippen LogP contribution < -0.4 is 19.5 Å². The van der Waals surface area contributed by atoms with E-state index in [2.05, 4.69) is 5.32 Å². The molecule has 0 aliphatic carbocycles. The molecular weight excluding hydrogens is 445 g/mol. The van der Waals surface area contributed by atoms with E-state index < -0.39 is 0 Å². The number of methoxy groups -OCH3 is 2. The number of nitrogens with one attached hydrogen (secondary N) is 1. The second-order valence-corrected chi connectivity index (χ2v) is 7.28. The summed E-state index contributed by atoms with van der Waals surface area (Å²) >= 11 is 12.4. The van der Waals surface area contributed by atoms with E-state index in [1.165, 1.54) is 0 Å². The second-order valence-electron chi connectivity index (χ2n) is 6.44. The second kappa shape index (κ2) is 11.9. The monoisotopic (exact) mass is 467 g/mol. The highest BCUT2D eigenvalue weighted by Gasteiger charge is 2.13. The van der Waals surface area contributed by atoms with Crippen molar-refractivity contribution in [1.82, 2.24) is 5.32 Å². The molecule has 0 radical (unpaired) electrons. The number of ether oxygens (including phenoxy) is 3. The van der Waals surface area contributed by atoms with E-state index in [0.29, 0.717) is 41.2 Å². The molecule has 0 bridgehead atoms. The molecule has 0 aliphatic rings. The van der Waals surface area contributed by atoms with Gasteiger partial charge < -0.3 is 19.5 Å². The molecule has 0 amide bonds. The van der Waals surface area contributed by atoms with Gasteiger partial charge in [-0.15, -0.1) is 12.4 Å². The van der Waals surface area contributed by atoms with E-state index in [-0.39, 0.29) is 12.4 Å². The van der Waals surface area contributed by atoms with E-state index in [4.69, 9.17) is 37.4 Å². The average molecular weight is 469 g/mol. The Balaban J connectivity index is 0.00000320. The minimum Gasteiger partial charge on any atom is -0.496 e. The standard InChI is InChI=1S/C23H23Cl2NO3.ClH/c1-27-21-6-4-3-5-18(21)14-26-13-17-11-20(25)23(22(12-17)28-2)29-15-16-7-9-19(24)10-8-16;/h3-12,26H,13-15H2,1-2H3;1H. The molecule has 4 nitrogen and oxygen atoms in total. The van der Waals surface area contributed by atoms with Gasteiger partial charge in [0.1, 0.15) is 12.4 Å². The molecule has 0 saturated carbocycles. The smallest absolute Gasteiger partial charge is 0.180 e. The molecule has 0 fully saturated rings. The van der Waals surface area contributed by atoms with Gasteiger partial charge in [-0.25, -0.2) is 0 Å². The van der Waals surface area contributed by atoms with E-state index in [1.54, 1.807) is 14.2 Å². The van der Waals surface area contributed by atoms with Gasteiger partial charge in [0.2, 0.25) is 0 Å². The molecule has 3 rings (SSSR count). The summed E-state index contributed by atoms with van der Waals surface area (Å²) in [6, 6.07) is 19.2. The molecule has 0 heterocycles. The van der Waals surface area contributed by atoms with Crippen LogP contribution in [-0.2, 0) is 19.7 Å². The lowest BCUT2D eigenvalue weighted by Crippen LogP contribution is -2.13. The summed E-state index contributed by atoms with van der Waals surface area (Å²) in [5, 5.41) is 4.60. The Kier molecular flexibility index (Phi) is 9.60. The Morgan fingerprint density at radius 2 is 1.50 bits per heavy atom. The molecule has 3 aromatic rings. The van der Waals surface area contributed by atoms with Crippen molar-refractivity contribution in [2.24, 2.45) is 0 Å². The molecule has 1 N–H and O–H groups in total. The fraction of sp³-hybridized carbons (Fsp3) is 0.217. The fourth-order valence-electron chi connectivity index (χ4n) is 2.94. The summed E-state index contributed by atoms with van der Waals surface area (Å²) in [6.45, 7) is 1.68. The molecule has 0 aliphatic heterocycles. The molecule has 3 aromatic carbocycles. The molecule has 0 aromatic heterocycles. The van der Waals surface area contributed by atoms with Crippen molar-refractivity contribution in [3.63, 3.8) is 0 Å². The van der Waals surface area contributed by atoms with Crippen molar-refractivity contribution < 1.29 is 14.2 Å². The Morgan fingerprint density at radius 3 is 2.20 bits per heavy atom. The van der Waals surface area contributed by atoms with E-state index >= 15 is 0 Å². The van der Waals surface area contributed by atoms with E-state index in [1.807, 2.05) is 60.7 Å². The summed E-state index contributed by atoms with van der Waals surface area (Å²) in [6.07, 6.45) is 0. The maximum absolute atomic E-state index is 6.47. The van der Waals surface area contributed by atoms with Crippen LogP contribution in [0.5, 0.6) is 17.2 Å². The summed E-state index contributed by atoms with van der Waals surface area (Å²) < 4.78 is 16.8. The highest BCUT2D eigenvalue weighted by atomic mass is 35.5. The van der Waals surface area contributed by atoms with Crippen LogP contribution >= 0.6 is 35.6 Å². The van der Waals surface area contributed by atoms with Crippen LogP contribution in [0.25, 0.3) is 0 Å². The highest BCUT2D eigenvalue weighted by molar-refractivity contribution is 6.32. The van der Waals surface area contributed by atoms with Crippen LogP contribution in [0.4, 0.5) is 0 Å². The van der Waals surface area contributed by atoms with Crippen molar-refractivity contribution in [3.05, 3.63) is 87.4 Å². The van der Waals surface area contributed by atoms with E-state index in [9.17, 15) is 0 Å². The number of hydrogen-bond donors (Lipinski definition) is 1. The van der Waals surface area contributed by atoms with Crippen LogP contribution in [0.1, 0.15) is 16.7 Å². The molecule has 0 atom stereocenters. The lowest BCUT2D eigenvalue weighted by molar-refractivity contribution is 0.284. The number of benzene rings is 3. The zero-order valence-electron chi connectivity index (χ0n) is 16.8. The molecule has 0 saturated heterocycles. The first-order chi connectivity index (χ1) is 14.1. The Labute approximate surface area is 193 Å². The topological polar surface area (TPSA) is 39.7 Å². The fourth-order valence-corrected chi connectivity index (χ4v) is 3.36. The third-order valence-electron chi connectivity index (χ3n) is 4.42. The van der Waals surface area contributed by atoms with Crippen molar-refractivity contribution in [2.45, 2.75) is 19.7 Å². The summed E-state index contributed by atoms with van der Waals surface area (Å²) in [5.41, 5.74) is 3.09. The van der Waals surface area contributed by atoms with Crippen LogP contribution in [0.15, 0.2) is 60.7 Å². The average Bonchev–Trinajstić information content (AvgIpc) is 2.74. The van der Waals surface area contributed by atoms with Gasteiger partial charge in [-0.05, 0) is 41.5 Å². The lowest BCUT2D eigenvalue weighted by atomic mass is 10.1. The van der Waals surface area contributed by atoms with Crippen molar-refractivity contribution in [1.29, 1.82) is 0 Å². The molecule has 0 spiro atoms. The van der Waals surface area contributed by atoms with Crippen molar-refractivity contribution in [2.75, 3.05) is 14.2 Å². The van der Waals surface area contributed by atoms with Gasteiger partial charge in [0.05, 0.1) is 19.2 Å². The lowest BCUT2D eigenvalue weighted by Gasteiger charge is -2.15. The van der Waals surface area contributed by atoms with Crippen LogP contribution in [0.2, 0.25) is 10.0 Å². The first-order valence-corrected chi connectivity index (χ1v) is 9.92. The summed E-state index contributed by atoms with van der Waals surface area (Å²) in [7, 11) is 3.28. The van der Waals surface area contributed by atoms with E-state index in [0.717, 1.165) is 22.4 Å². The zero-order valence-corrected chi connectivity index (χ0v) is 19.1. The minimum atomic E-state index is 0. The van der Waals surface area contributed by atoms with Crippen LogP contribution in [0, 0.1) is 0 Å². The predicted molar refractivity (Wildman–Crippen MR) is 125 cm³/mol.